The molecule has 1 saturated carbocycles. The Kier molecular flexibility index (Phi) is 3.64. The summed E-state index contributed by atoms with van der Waals surface area (Å²) in [6.45, 7) is 0.754. The fourth-order valence-corrected chi connectivity index (χ4v) is 2.71. The first kappa shape index (κ1) is 11.6. The molecule has 0 spiro atoms. The first-order valence-corrected chi connectivity index (χ1v) is 6.46. The van der Waals surface area contributed by atoms with Gasteiger partial charge in [0.1, 0.15) is 0 Å². The van der Waals surface area contributed by atoms with Gasteiger partial charge in [-0.3, -0.25) is 4.79 Å². The lowest BCUT2D eigenvalue weighted by Gasteiger charge is -2.22. The Morgan fingerprint density at radius 2 is 2.12 bits per heavy atom. The minimum atomic E-state index is -0.565. The molecule has 1 fully saturated rings. The Bertz CT molecular complexity index is 290. The lowest BCUT2D eigenvalue weighted by molar-refractivity contribution is -0.126. The second kappa shape index (κ2) is 5.00. The van der Waals surface area contributed by atoms with E-state index in [4.69, 9.17) is 5.73 Å². The van der Waals surface area contributed by atoms with Crippen LogP contribution in [0.2, 0.25) is 0 Å². The number of carbonyl (C=O) groups is 1. The normalized spacial score (nSPS) is 23.2. The average molecular weight is 222 g/mol. The Morgan fingerprint density at radius 1 is 1.38 bits per heavy atom. The molecule has 0 aliphatic heterocycles. The lowest BCUT2D eigenvalue weighted by Crippen LogP contribution is -2.52. The molecule has 0 aromatic carbocycles. The molecule has 0 radical (unpaired) electrons. The van der Waals surface area contributed by atoms with Crippen molar-refractivity contribution < 1.29 is 4.79 Å². The van der Waals surface area contributed by atoms with Crippen LogP contribution in [0.5, 0.6) is 0 Å². The van der Waals surface area contributed by atoms with Crippen LogP contribution in [0, 0.1) is 0 Å². The number of rotatable bonds is 4. The zero-order valence-corrected chi connectivity index (χ0v) is 9.93. The summed E-state index contributed by atoms with van der Waals surface area (Å²) < 4.78 is 0. The van der Waals surface area contributed by atoms with Gasteiger partial charge in [-0.2, -0.15) is 0 Å². The van der Waals surface area contributed by atoms with E-state index in [1.165, 1.54) is 24.8 Å². The fourth-order valence-electron chi connectivity index (χ4n) is 2.71. The van der Waals surface area contributed by atoms with Crippen LogP contribution in [0.15, 0.2) is 11.6 Å². The third kappa shape index (κ3) is 2.64. The maximum atomic E-state index is 11.9. The summed E-state index contributed by atoms with van der Waals surface area (Å²) >= 11 is 0. The molecule has 90 valence electrons. The molecule has 3 nitrogen and oxygen atoms in total. The summed E-state index contributed by atoms with van der Waals surface area (Å²) in [5.41, 5.74) is 7.00. The largest absolute Gasteiger partial charge is 0.354 e. The summed E-state index contributed by atoms with van der Waals surface area (Å²) in [5, 5.41) is 2.99. The predicted octanol–water partition coefficient (Wildman–Crippen LogP) is 1.87. The van der Waals surface area contributed by atoms with Gasteiger partial charge in [0.2, 0.25) is 5.91 Å². The Labute approximate surface area is 97.5 Å². The van der Waals surface area contributed by atoms with E-state index in [2.05, 4.69) is 11.4 Å². The number of hydrogen-bond donors (Lipinski definition) is 2. The molecule has 2 aliphatic rings. The van der Waals surface area contributed by atoms with Crippen LogP contribution >= 0.6 is 0 Å². The van der Waals surface area contributed by atoms with Crippen molar-refractivity contribution >= 4 is 5.91 Å². The number of nitrogens with two attached hydrogens (primary N) is 1. The first-order valence-electron chi connectivity index (χ1n) is 6.46. The molecule has 0 aromatic rings. The van der Waals surface area contributed by atoms with Gasteiger partial charge < -0.3 is 11.1 Å². The van der Waals surface area contributed by atoms with Crippen LogP contribution in [0.25, 0.3) is 0 Å². The zero-order chi connectivity index (χ0) is 11.4. The minimum absolute atomic E-state index is 0.0589. The molecule has 3 N–H and O–H groups in total. The van der Waals surface area contributed by atoms with Gasteiger partial charge in [0.05, 0.1) is 5.54 Å². The van der Waals surface area contributed by atoms with E-state index >= 15 is 0 Å². The highest BCUT2D eigenvalue weighted by Gasteiger charge is 2.36. The van der Waals surface area contributed by atoms with E-state index in [9.17, 15) is 4.79 Å². The number of amides is 1. The van der Waals surface area contributed by atoms with Gasteiger partial charge in [-0.25, -0.2) is 0 Å². The van der Waals surface area contributed by atoms with Crippen LogP contribution in [0.3, 0.4) is 0 Å². The number of nitrogens with one attached hydrogen (secondary N) is 1. The second-order valence-corrected chi connectivity index (χ2v) is 5.12. The van der Waals surface area contributed by atoms with Crippen molar-refractivity contribution in [1.29, 1.82) is 0 Å². The number of allylic oxidation sites excluding steroid dienone is 1. The quantitative estimate of drug-likeness (QED) is 0.713. The molecule has 2 aliphatic carbocycles. The standard InChI is InChI=1S/C13H22N2O/c14-13(8-3-4-9-13)12(16)15-10-7-11-5-1-2-6-11/h5H,1-4,6-10,14H2,(H,15,16). The molecule has 0 aromatic heterocycles. The highest BCUT2D eigenvalue weighted by molar-refractivity contribution is 5.86. The molecule has 0 atom stereocenters. The first-order chi connectivity index (χ1) is 7.71. The van der Waals surface area contributed by atoms with Gasteiger partial charge in [-0.15, -0.1) is 0 Å². The van der Waals surface area contributed by atoms with Gasteiger partial charge >= 0.3 is 0 Å². The smallest absolute Gasteiger partial charge is 0.240 e. The van der Waals surface area contributed by atoms with Crippen LogP contribution in [0.4, 0.5) is 0 Å². The van der Waals surface area contributed by atoms with Crippen LogP contribution in [0.1, 0.15) is 51.4 Å². The molecular formula is C13H22N2O. The van der Waals surface area contributed by atoms with Crippen molar-refractivity contribution in [3.63, 3.8) is 0 Å². The fraction of sp³-hybridized carbons (Fsp3) is 0.769. The molecule has 0 bridgehead atoms. The van der Waals surface area contributed by atoms with Crippen molar-refractivity contribution in [2.45, 2.75) is 56.9 Å². The average Bonchev–Trinajstić information content (AvgIpc) is 2.90. The Morgan fingerprint density at radius 3 is 2.75 bits per heavy atom. The van der Waals surface area contributed by atoms with E-state index in [1.807, 2.05) is 0 Å². The van der Waals surface area contributed by atoms with Crippen molar-refractivity contribution in [3.05, 3.63) is 11.6 Å². The van der Waals surface area contributed by atoms with E-state index in [-0.39, 0.29) is 5.91 Å². The van der Waals surface area contributed by atoms with Crippen LogP contribution in [-0.2, 0) is 4.79 Å². The highest BCUT2D eigenvalue weighted by atomic mass is 16.2. The zero-order valence-electron chi connectivity index (χ0n) is 9.93. The van der Waals surface area contributed by atoms with Crippen molar-refractivity contribution in [2.75, 3.05) is 6.54 Å². The highest BCUT2D eigenvalue weighted by Crippen LogP contribution is 2.27. The topological polar surface area (TPSA) is 55.1 Å². The van der Waals surface area contributed by atoms with Crippen molar-refractivity contribution in [3.8, 4) is 0 Å². The van der Waals surface area contributed by atoms with Crippen molar-refractivity contribution in [2.24, 2.45) is 5.73 Å². The number of hydrogen-bond acceptors (Lipinski definition) is 2. The van der Waals surface area contributed by atoms with Gasteiger partial charge in [0.25, 0.3) is 0 Å². The van der Waals surface area contributed by atoms with Gasteiger partial charge in [-0.1, -0.05) is 24.5 Å². The summed E-state index contributed by atoms with van der Waals surface area (Å²) in [7, 11) is 0. The molecule has 1 amide bonds. The van der Waals surface area contributed by atoms with E-state index in [0.717, 1.165) is 38.6 Å². The lowest BCUT2D eigenvalue weighted by atomic mass is 9.98. The van der Waals surface area contributed by atoms with E-state index in [1.54, 1.807) is 0 Å². The predicted molar refractivity (Wildman–Crippen MR) is 64.9 cm³/mol. The monoisotopic (exact) mass is 222 g/mol. The third-order valence-electron chi connectivity index (χ3n) is 3.81. The Balaban J connectivity index is 1.71. The summed E-state index contributed by atoms with van der Waals surface area (Å²) in [6.07, 6.45) is 10.9. The van der Waals surface area contributed by atoms with Gasteiger partial charge in [-0.05, 0) is 38.5 Å². The van der Waals surface area contributed by atoms with Crippen LogP contribution < -0.4 is 11.1 Å². The summed E-state index contributed by atoms with van der Waals surface area (Å²) in [6, 6.07) is 0. The third-order valence-corrected chi connectivity index (χ3v) is 3.81. The van der Waals surface area contributed by atoms with Crippen molar-refractivity contribution in [1.82, 2.24) is 5.32 Å². The molecule has 16 heavy (non-hydrogen) atoms. The summed E-state index contributed by atoms with van der Waals surface area (Å²) in [4.78, 5) is 11.9. The maximum absolute atomic E-state index is 11.9. The van der Waals surface area contributed by atoms with Gasteiger partial charge in [0.15, 0.2) is 0 Å². The molecule has 3 heteroatoms. The minimum Gasteiger partial charge on any atom is -0.354 e. The number of carbonyl (C=O) groups excluding carboxylic acids is 1. The Hall–Kier alpha value is -0.830. The molecule has 0 unspecified atom stereocenters. The van der Waals surface area contributed by atoms with E-state index < -0.39 is 5.54 Å². The molecular weight excluding hydrogens is 200 g/mol. The van der Waals surface area contributed by atoms with Crippen LogP contribution in [-0.4, -0.2) is 18.0 Å². The molecule has 0 saturated heterocycles. The van der Waals surface area contributed by atoms with Gasteiger partial charge in [0, 0.05) is 6.54 Å². The maximum Gasteiger partial charge on any atom is 0.240 e. The molecule has 0 heterocycles. The second-order valence-electron chi connectivity index (χ2n) is 5.12. The molecule has 2 rings (SSSR count). The van der Waals surface area contributed by atoms with E-state index in [0.29, 0.717) is 0 Å². The SMILES string of the molecule is NC1(C(=O)NCCC2=CCCC2)CCCC1. The summed E-state index contributed by atoms with van der Waals surface area (Å²) in [5.74, 6) is 0.0589.